The lowest BCUT2D eigenvalue weighted by molar-refractivity contribution is 0.0939. The van der Waals surface area contributed by atoms with Crippen molar-refractivity contribution in [2.45, 2.75) is 13.0 Å². The van der Waals surface area contributed by atoms with E-state index in [9.17, 15) is 4.79 Å². The molecule has 0 bridgehead atoms. The molecule has 0 spiro atoms. The molecule has 1 aliphatic rings. The van der Waals surface area contributed by atoms with Gasteiger partial charge in [-0.2, -0.15) is 0 Å². The van der Waals surface area contributed by atoms with Gasteiger partial charge in [0.25, 0.3) is 5.91 Å². The van der Waals surface area contributed by atoms with Crippen LogP contribution in [-0.2, 0) is 0 Å². The lowest BCUT2D eigenvalue weighted by Gasteiger charge is -2.21. The van der Waals surface area contributed by atoms with E-state index in [-0.39, 0.29) is 11.9 Å². The molecule has 0 fully saturated rings. The van der Waals surface area contributed by atoms with Crippen molar-refractivity contribution in [2.75, 3.05) is 13.2 Å². The van der Waals surface area contributed by atoms with E-state index in [1.807, 2.05) is 37.3 Å². The number of halogens is 1. The molecule has 1 atom stereocenters. The van der Waals surface area contributed by atoms with Gasteiger partial charge in [-0.1, -0.05) is 28.1 Å². The minimum atomic E-state index is -0.123. The van der Waals surface area contributed by atoms with Crippen LogP contribution in [0.5, 0.6) is 11.5 Å². The average Bonchev–Trinajstić information content (AvgIpc) is 2.54. The van der Waals surface area contributed by atoms with E-state index >= 15 is 0 Å². The Bertz CT molecular complexity index is 702. The number of hydrogen-bond donors (Lipinski definition) is 1. The minimum Gasteiger partial charge on any atom is -0.486 e. The van der Waals surface area contributed by atoms with Gasteiger partial charge in [-0.3, -0.25) is 4.79 Å². The van der Waals surface area contributed by atoms with Crippen LogP contribution in [0.4, 0.5) is 0 Å². The summed E-state index contributed by atoms with van der Waals surface area (Å²) in [6, 6.07) is 12.9. The predicted octanol–water partition coefficient (Wildman–Crippen LogP) is 3.71. The second-order valence-corrected chi connectivity index (χ2v) is 6.02. The van der Waals surface area contributed by atoms with Crippen LogP contribution < -0.4 is 14.8 Å². The molecule has 114 valence electrons. The number of nitrogens with one attached hydrogen (secondary N) is 1. The Labute approximate surface area is 137 Å². The summed E-state index contributed by atoms with van der Waals surface area (Å²) in [6.07, 6.45) is 0. The van der Waals surface area contributed by atoms with Gasteiger partial charge in [0.15, 0.2) is 11.5 Å². The van der Waals surface area contributed by atoms with Crippen molar-refractivity contribution in [1.82, 2.24) is 5.32 Å². The smallest absolute Gasteiger partial charge is 0.251 e. The summed E-state index contributed by atoms with van der Waals surface area (Å²) in [6.45, 7) is 3.07. The molecular formula is C17H16BrNO3. The third kappa shape index (κ3) is 3.25. The summed E-state index contributed by atoms with van der Waals surface area (Å²) in [7, 11) is 0. The van der Waals surface area contributed by atoms with E-state index in [0.29, 0.717) is 18.8 Å². The predicted molar refractivity (Wildman–Crippen MR) is 87.5 cm³/mol. The second kappa shape index (κ2) is 6.40. The van der Waals surface area contributed by atoms with E-state index in [4.69, 9.17) is 9.47 Å². The quantitative estimate of drug-likeness (QED) is 0.906. The highest BCUT2D eigenvalue weighted by Gasteiger charge is 2.16. The summed E-state index contributed by atoms with van der Waals surface area (Å²) in [5.74, 6) is 1.37. The Morgan fingerprint density at radius 1 is 1.14 bits per heavy atom. The van der Waals surface area contributed by atoms with Gasteiger partial charge in [0.05, 0.1) is 6.04 Å². The van der Waals surface area contributed by atoms with E-state index in [1.165, 1.54) is 0 Å². The third-order valence-corrected chi connectivity index (χ3v) is 3.99. The number of ether oxygens (including phenoxy) is 2. The van der Waals surface area contributed by atoms with E-state index < -0.39 is 0 Å². The molecule has 0 radical (unpaired) electrons. The maximum Gasteiger partial charge on any atom is 0.251 e. The monoisotopic (exact) mass is 361 g/mol. The van der Waals surface area contributed by atoms with Crippen LogP contribution in [0.1, 0.15) is 28.9 Å². The molecule has 2 aromatic rings. The summed E-state index contributed by atoms with van der Waals surface area (Å²) in [4.78, 5) is 12.3. The van der Waals surface area contributed by atoms with Crippen LogP contribution in [0.15, 0.2) is 46.9 Å². The molecule has 1 N–H and O–H groups in total. The van der Waals surface area contributed by atoms with Crippen molar-refractivity contribution in [1.29, 1.82) is 0 Å². The number of carbonyl (C=O) groups excluding carboxylic acids is 1. The standard InChI is InChI=1S/C17H16BrNO3/c1-11(19-17(20)13-3-2-4-14(18)9-13)12-5-6-15-16(10-12)22-8-7-21-15/h2-6,9-11H,7-8H2,1H3,(H,19,20)/t11-/m1/s1. The van der Waals surface area contributed by atoms with Crippen LogP contribution in [0.3, 0.4) is 0 Å². The molecule has 22 heavy (non-hydrogen) atoms. The van der Waals surface area contributed by atoms with Crippen molar-refractivity contribution in [2.24, 2.45) is 0 Å². The van der Waals surface area contributed by atoms with Crippen LogP contribution in [0.2, 0.25) is 0 Å². The summed E-state index contributed by atoms with van der Waals surface area (Å²) >= 11 is 3.37. The van der Waals surface area contributed by atoms with Crippen LogP contribution in [-0.4, -0.2) is 19.1 Å². The number of fused-ring (bicyclic) bond motifs is 1. The van der Waals surface area contributed by atoms with Crippen LogP contribution >= 0.6 is 15.9 Å². The Morgan fingerprint density at radius 3 is 2.68 bits per heavy atom. The highest BCUT2D eigenvalue weighted by molar-refractivity contribution is 9.10. The molecule has 0 unspecified atom stereocenters. The highest BCUT2D eigenvalue weighted by Crippen LogP contribution is 2.32. The fraction of sp³-hybridized carbons (Fsp3) is 0.235. The first-order valence-corrected chi connectivity index (χ1v) is 7.89. The molecule has 1 heterocycles. The molecule has 5 heteroatoms. The topological polar surface area (TPSA) is 47.6 Å². The van der Waals surface area contributed by atoms with Crippen molar-refractivity contribution in [3.8, 4) is 11.5 Å². The SMILES string of the molecule is C[C@@H](NC(=O)c1cccc(Br)c1)c1ccc2c(c1)OCCO2. The molecule has 2 aromatic carbocycles. The Morgan fingerprint density at radius 2 is 1.91 bits per heavy atom. The maximum absolute atomic E-state index is 12.3. The van der Waals surface area contributed by atoms with Crippen LogP contribution in [0, 0.1) is 0 Å². The van der Waals surface area contributed by atoms with Crippen molar-refractivity contribution < 1.29 is 14.3 Å². The second-order valence-electron chi connectivity index (χ2n) is 5.11. The molecule has 0 saturated carbocycles. The summed E-state index contributed by atoms with van der Waals surface area (Å²) in [5.41, 5.74) is 1.60. The molecule has 0 saturated heterocycles. The lowest BCUT2D eigenvalue weighted by atomic mass is 10.1. The van der Waals surface area contributed by atoms with Crippen molar-refractivity contribution >= 4 is 21.8 Å². The minimum absolute atomic E-state index is 0.108. The molecule has 3 rings (SSSR count). The van der Waals surface area contributed by atoms with E-state index in [2.05, 4.69) is 21.2 Å². The Kier molecular flexibility index (Phi) is 4.34. The summed E-state index contributed by atoms with van der Waals surface area (Å²) < 4.78 is 12.0. The zero-order chi connectivity index (χ0) is 15.5. The lowest BCUT2D eigenvalue weighted by Crippen LogP contribution is -2.26. The number of amides is 1. The van der Waals surface area contributed by atoms with Gasteiger partial charge in [0, 0.05) is 10.0 Å². The first kappa shape index (κ1) is 14.9. The van der Waals surface area contributed by atoms with Crippen molar-refractivity contribution in [3.05, 3.63) is 58.1 Å². The van der Waals surface area contributed by atoms with Gasteiger partial charge in [-0.15, -0.1) is 0 Å². The molecular weight excluding hydrogens is 346 g/mol. The highest BCUT2D eigenvalue weighted by atomic mass is 79.9. The fourth-order valence-electron chi connectivity index (χ4n) is 2.32. The number of hydrogen-bond acceptors (Lipinski definition) is 3. The normalized spacial score (nSPS) is 14.3. The Hall–Kier alpha value is -2.01. The molecule has 1 aliphatic heterocycles. The van der Waals surface area contributed by atoms with Gasteiger partial charge in [0.1, 0.15) is 13.2 Å². The van der Waals surface area contributed by atoms with Crippen molar-refractivity contribution in [3.63, 3.8) is 0 Å². The first-order valence-electron chi connectivity index (χ1n) is 7.09. The number of carbonyl (C=O) groups is 1. The Balaban J connectivity index is 1.74. The van der Waals surface area contributed by atoms with Gasteiger partial charge in [0.2, 0.25) is 0 Å². The molecule has 1 amide bonds. The molecule has 4 nitrogen and oxygen atoms in total. The van der Waals surface area contributed by atoms with Gasteiger partial charge < -0.3 is 14.8 Å². The number of rotatable bonds is 3. The number of benzene rings is 2. The fourth-order valence-corrected chi connectivity index (χ4v) is 2.72. The van der Waals surface area contributed by atoms with Crippen LogP contribution in [0.25, 0.3) is 0 Å². The zero-order valence-corrected chi connectivity index (χ0v) is 13.7. The van der Waals surface area contributed by atoms with E-state index in [0.717, 1.165) is 21.5 Å². The zero-order valence-electron chi connectivity index (χ0n) is 12.1. The van der Waals surface area contributed by atoms with E-state index in [1.54, 1.807) is 12.1 Å². The van der Waals surface area contributed by atoms with Gasteiger partial charge in [-0.05, 0) is 42.8 Å². The van der Waals surface area contributed by atoms with Gasteiger partial charge in [-0.25, -0.2) is 0 Å². The largest absolute Gasteiger partial charge is 0.486 e. The summed E-state index contributed by atoms with van der Waals surface area (Å²) in [5, 5.41) is 2.99. The first-order chi connectivity index (χ1) is 10.6. The van der Waals surface area contributed by atoms with Gasteiger partial charge >= 0.3 is 0 Å². The molecule has 0 aliphatic carbocycles. The third-order valence-electron chi connectivity index (χ3n) is 3.50. The molecule has 0 aromatic heterocycles. The maximum atomic E-state index is 12.3. The average molecular weight is 362 g/mol.